The van der Waals surface area contributed by atoms with Gasteiger partial charge in [-0.25, -0.2) is 0 Å². The van der Waals surface area contributed by atoms with Crippen LogP contribution < -0.4 is 31.0 Å². The maximum atomic E-state index is 12.6. The van der Waals surface area contributed by atoms with Gasteiger partial charge in [-0.05, 0) is 60.7 Å². The fourth-order valence-corrected chi connectivity index (χ4v) is 6.60. The van der Waals surface area contributed by atoms with Crippen molar-refractivity contribution in [2.75, 3.05) is 81.6 Å². The summed E-state index contributed by atoms with van der Waals surface area (Å²) < 4.78 is 8.89. The number of nitrogen functional groups attached to an aromatic ring is 2. The van der Waals surface area contributed by atoms with E-state index in [-0.39, 0.29) is 12.5 Å². The topological polar surface area (TPSA) is 97.5 Å². The predicted octanol–water partition coefficient (Wildman–Crippen LogP) is 6.06. The van der Waals surface area contributed by atoms with Crippen LogP contribution in [0.1, 0.15) is 6.42 Å². The monoisotopic (exact) mass is 688 g/mol. The highest BCUT2D eigenvalue weighted by atomic mass is 35.5. The van der Waals surface area contributed by atoms with E-state index in [0.717, 1.165) is 80.5 Å². The number of quaternary nitrogens is 1. The minimum absolute atomic E-state index is 0.0402. The molecule has 0 saturated heterocycles. The summed E-state index contributed by atoms with van der Waals surface area (Å²) in [5, 5.41) is 6.43. The lowest BCUT2D eigenvalue weighted by molar-refractivity contribution is -0.891. The summed E-state index contributed by atoms with van der Waals surface area (Å²) in [5.41, 5.74) is 18.5. The Morgan fingerprint density at radius 3 is 2.19 bits per heavy atom. The number of ether oxygens (including phenoxy) is 1. The molecule has 5 N–H and O–H groups in total. The quantitative estimate of drug-likeness (QED) is 0.0385. The number of hydrogen-bond acceptors (Lipinski definition) is 5. The van der Waals surface area contributed by atoms with Crippen molar-refractivity contribution in [2.45, 2.75) is 13.0 Å². The minimum atomic E-state index is -0.146. The lowest BCUT2D eigenvalue weighted by Gasteiger charge is -2.29. The van der Waals surface area contributed by atoms with E-state index in [9.17, 15) is 4.79 Å². The number of rotatable bonds is 16. The van der Waals surface area contributed by atoms with E-state index in [1.165, 1.54) is 0 Å². The Labute approximate surface area is 293 Å². The number of hydrogen-bond donors (Lipinski definition) is 3. The van der Waals surface area contributed by atoms with Crippen molar-refractivity contribution in [1.82, 2.24) is 5.32 Å². The summed E-state index contributed by atoms with van der Waals surface area (Å²) in [6.45, 7) is 4.44. The Bertz CT molecular complexity index is 1830. The molecule has 1 amide bonds. The Balaban J connectivity index is 1.20. The molecule has 0 bridgehead atoms. The number of fused-ring (bicyclic) bond motifs is 3. The van der Waals surface area contributed by atoms with Gasteiger partial charge >= 0.3 is 0 Å². The Hall–Kier alpha value is -4.24. The molecule has 0 fully saturated rings. The van der Waals surface area contributed by atoms with Gasteiger partial charge in [0.15, 0.2) is 13.2 Å². The van der Waals surface area contributed by atoms with Gasteiger partial charge in [-0.2, -0.15) is 4.57 Å². The highest BCUT2D eigenvalue weighted by molar-refractivity contribution is 6.18. The number of anilines is 3. The number of halogens is 2. The second kappa shape index (κ2) is 16.2. The van der Waals surface area contributed by atoms with Crippen molar-refractivity contribution in [2.24, 2.45) is 0 Å². The Kier molecular flexibility index (Phi) is 11.9. The van der Waals surface area contributed by atoms with Crippen molar-refractivity contribution in [3.8, 4) is 17.0 Å². The first kappa shape index (κ1) is 35.1. The first-order valence-electron chi connectivity index (χ1n) is 16.4. The van der Waals surface area contributed by atoms with Crippen molar-refractivity contribution in [3.05, 3.63) is 91.0 Å². The molecule has 5 rings (SSSR count). The van der Waals surface area contributed by atoms with Crippen molar-refractivity contribution < 1.29 is 18.6 Å². The van der Waals surface area contributed by atoms with Gasteiger partial charge in [0.25, 0.3) is 5.91 Å². The van der Waals surface area contributed by atoms with Crippen molar-refractivity contribution >= 4 is 67.8 Å². The van der Waals surface area contributed by atoms with E-state index in [1.807, 2.05) is 42.5 Å². The Morgan fingerprint density at radius 1 is 0.833 bits per heavy atom. The number of amides is 1. The van der Waals surface area contributed by atoms with E-state index in [1.54, 1.807) is 0 Å². The molecular formula is C38H46Cl2N6O2+2. The van der Waals surface area contributed by atoms with Gasteiger partial charge in [-0.15, -0.1) is 23.2 Å². The molecule has 252 valence electrons. The zero-order valence-corrected chi connectivity index (χ0v) is 29.3. The summed E-state index contributed by atoms with van der Waals surface area (Å²) in [4.78, 5) is 14.7. The molecule has 0 unspecified atom stereocenters. The van der Waals surface area contributed by atoms with Crippen LogP contribution in [-0.2, 0) is 11.3 Å². The molecule has 0 radical (unpaired) electrons. The second-order valence-electron chi connectivity index (χ2n) is 12.7. The summed E-state index contributed by atoms with van der Waals surface area (Å²) >= 11 is 11.9. The van der Waals surface area contributed by atoms with Crippen LogP contribution in [0.3, 0.4) is 0 Å². The van der Waals surface area contributed by atoms with Crippen LogP contribution in [-0.4, -0.2) is 75.6 Å². The van der Waals surface area contributed by atoms with E-state index in [2.05, 4.69) is 77.4 Å². The Morgan fingerprint density at radius 2 is 1.50 bits per heavy atom. The van der Waals surface area contributed by atoms with Crippen LogP contribution in [0.4, 0.5) is 17.1 Å². The maximum Gasteiger partial charge on any atom is 0.258 e. The zero-order valence-electron chi connectivity index (χ0n) is 27.8. The second-order valence-corrected chi connectivity index (χ2v) is 13.4. The molecule has 8 nitrogen and oxygen atoms in total. The fraction of sp³-hybridized carbons (Fsp3) is 0.316. The van der Waals surface area contributed by atoms with Gasteiger partial charge < -0.3 is 30.9 Å². The number of aromatic nitrogens is 1. The minimum Gasteiger partial charge on any atom is -0.484 e. The molecule has 5 aromatic rings. The number of carbonyl (C=O) groups is 1. The average Bonchev–Trinajstić information content (AvgIpc) is 3.07. The van der Waals surface area contributed by atoms with Gasteiger partial charge in [0.2, 0.25) is 11.2 Å². The number of benzene rings is 4. The molecule has 0 atom stereocenters. The molecule has 4 aromatic carbocycles. The molecule has 0 aliphatic carbocycles. The number of likely N-dealkylation sites (N-methyl/N-ethyl adjacent to an activating group) is 1. The van der Waals surface area contributed by atoms with Gasteiger partial charge in [0, 0.05) is 58.9 Å². The third kappa shape index (κ3) is 8.81. The van der Waals surface area contributed by atoms with Crippen LogP contribution >= 0.6 is 23.2 Å². The number of carbonyl (C=O) groups excluding carboxylic acids is 1. The number of pyridine rings is 1. The summed E-state index contributed by atoms with van der Waals surface area (Å²) in [7, 11) is 4.39. The van der Waals surface area contributed by atoms with Crippen LogP contribution in [0.5, 0.6) is 5.75 Å². The number of aryl methyl sites for hydroxylation is 1. The molecule has 0 saturated carbocycles. The fourth-order valence-electron chi connectivity index (χ4n) is 6.19. The summed E-state index contributed by atoms with van der Waals surface area (Å²) in [5.74, 6) is 1.53. The van der Waals surface area contributed by atoms with E-state index in [0.29, 0.717) is 37.1 Å². The normalized spacial score (nSPS) is 11.6. The molecule has 0 aliphatic heterocycles. The van der Waals surface area contributed by atoms with Gasteiger partial charge in [-0.3, -0.25) is 4.79 Å². The molecule has 1 heterocycles. The maximum absolute atomic E-state index is 12.6. The molecular weight excluding hydrogens is 643 g/mol. The van der Waals surface area contributed by atoms with E-state index < -0.39 is 0 Å². The molecule has 10 heteroatoms. The van der Waals surface area contributed by atoms with Crippen molar-refractivity contribution in [3.63, 3.8) is 0 Å². The lowest BCUT2D eigenvalue weighted by atomic mass is 9.98. The van der Waals surface area contributed by atoms with E-state index in [4.69, 9.17) is 39.4 Å². The molecule has 0 spiro atoms. The van der Waals surface area contributed by atoms with Gasteiger partial charge in [0.1, 0.15) is 5.75 Å². The first-order chi connectivity index (χ1) is 23.2. The third-order valence-corrected chi connectivity index (χ3v) is 9.02. The molecule has 1 aromatic heterocycles. The highest BCUT2D eigenvalue weighted by Crippen LogP contribution is 2.33. The SMILES string of the molecule is C[N+](C)(CCC[n+]1c(-c2ccccc2)c2cc(N)ccc2c2ccc(N)cc21)CCNC(=O)COc1ccc(N(CCCl)CCCl)cc1. The standard InChI is InChI=1S/C38H44Cl2N6O2/c1-46(2,24-19-43-37(47)27-48-32-13-11-31(12-14-32)44(21-17-39)22-18-40)23-6-20-45-36-26-30(42)10-16-34(36)33-15-9-29(41)25-35(33)38(45)28-7-4-3-5-8-28/h3-5,7-16,25-26,42H,6,17-24,27,41H2,1-2H3/p+2. The first-order valence-corrected chi connectivity index (χ1v) is 17.4. The summed E-state index contributed by atoms with van der Waals surface area (Å²) in [6, 6.07) is 30.4. The smallest absolute Gasteiger partial charge is 0.258 e. The predicted molar refractivity (Wildman–Crippen MR) is 201 cm³/mol. The van der Waals surface area contributed by atoms with Crippen LogP contribution in [0.15, 0.2) is 91.0 Å². The largest absolute Gasteiger partial charge is 0.484 e. The van der Waals surface area contributed by atoms with Crippen LogP contribution in [0, 0.1) is 0 Å². The van der Waals surface area contributed by atoms with Gasteiger partial charge in [-0.1, -0.05) is 24.3 Å². The number of nitrogens with two attached hydrogens (primary N) is 2. The molecule has 48 heavy (non-hydrogen) atoms. The highest BCUT2D eigenvalue weighted by Gasteiger charge is 2.25. The van der Waals surface area contributed by atoms with E-state index >= 15 is 0 Å². The van der Waals surface area contributed by atoms with Crippen LogP contribution in [0.2, 0.25) is 0 Å². The number of nitrogens with one attached hydrogen (secondary N) is 1. The lowest BCUT2D eigenvalue weighted by Crippen LogP contribution is -2.48. The zero-order chi connectivity index (χ0) is 34.1. The van der Waals surface area contributed by atoms with Gasteiger partial charge in [0.05, 0.1) is 50.9 Å². The van der Waals surface area contributed by atoms with Crippen LogP contribution in [0.25, 0.3) is 32.9 Å². The summed E-state index contributed by atoms with van der Waals surface area (Å²) in [6.07, 6.45) is 0.926. The number of nitrogens with zero attached hydrogens (tertiary/aromatic N) is 3. The van der Waals surface area contributed by atoms with Crippen molar-refractivity contribution in [1.29, 1.82) is 0 Å². The third-order valence-electron chi connectivity index (χ3n) is 8.68. The molecule has 0 aliphatic rings. The average molecular weight is 690 g/mol. The number of alkyl halides is 2.